The van der Waals surface area contributed by atoms with Crippen LogP contribution in [0.25, 0.3) is 16.6 Å². The van der Waals surface area contributed by atoms with Crippen LogP contribution in [0.2, 0.25) is 5.02 Å². The normalized spacial score (nSPS) is 15.2. The molecule has 1 fully saturated rings. The molecule has 7 nitrogen and oxygen atoms in total. The van der Waals surface area contributed by atoms with E-state index in [2.05, 4.69) is 4.90 Å². The first-order valence-electron chi connectivity index (χ1n) is 8.87. The molecule has 10 heteroatoms. The molecule has 0 aliphatic carbocycles. The number of rotatable bonds is 2. The molecule has 1 aliphatic rings. The smallest absolute Gasteiger partial charge is 0.369 e. The van der Waals surface area contributed by atoms with Gasteiger partial charge < -0.3 is 15.0 Å². The number of hydrogen-bond acceptors (Lipinski definition) is 5. The molecule has 0 unspecified atom stereocenters. The Balaban J connectivity index is 2.01. The van der Waals surface area contributed by atoms with Gasteiger partial charge in [0, 0.05) is 26.2 Å². The molecule has 4 rings (SSSR count). The van der Waals surface area contributed by atoms with E-state index in [1.165, 1.54) is 18.2 Å². The summed E-state index contributed by atoms with van der Waals surface area (Å²) < 4.78 is 29.3. The van der Waals surface area contributed by atoms with Crippen molar-refractivity contribution in [3.8, 4) is 5.69 Å². The van der Waals surface area contributed by atoms with E-state index in [4.69, 9.17) is 11.6 Å². The first kappa shape index (κ1) is 19.4. The highest BCUT2D eigenvalue weighted by Crippen LogP contribution is 2.27. The van der Waals surface area contributed by atoms with Crippen molar-refractivity contribution in [2.24, 2.45) is 0 Å². The molecule has 1 aromatic heterocycles. The molecule has 2 heterocycles. The lowest BCUT2D eigenvalue weighted by Crippen LogP contribution is -2.45. The second kappa shape index (κ2) is 7.16. The molecule has 0 radical (unpaired) electrons. The van der Waals surface area contributed by atoms with Crippen LogP contribution in [0.15, 0.2) is 39.9 Å². The first-order chi connectivity index (χ1) is 13.8. The fraction of sp³-hybridized carbons (Fsp3) is 0.263. The fourth-order valence-electron chi connectivity index (χ4n) is 3.47. The van der Waals surface area contributed by atoms with Crippen molar-refractivity contribution >= 4 is 28.2 Å². The summed E-state index contributed by atoms with van der Waals surface area (Å²) in [5, 5.41) is 9.51. The number of anilines is 1. The lowest BCUT2D eigenvalue weighted by molar-refractivity contribution is 0.160. The van der Waals surface area contributed by atoms with Gasteiger partial charge in [-0.05, 0) is 37.4 Å². The topological polar surface area (TPSA) is 70.7 Å². The maximum atomic E-state index is 14.8. The molecule has 0 amide bonds. The lowest BCUT2D eigenvalue weighted by Gasteiger charge is -2.34. The quantitative estimate of drug-likeness (QED) is 0.640. The summed E-state index contributed by atoms with van der Waals surface area (Å²) >= 11 is 5.84. The van der Waals surface area contributed by atoms with Crippen LogP contribution >= 0.6 is 11.6 Å². The molecule has 0 bridgehead atoms. The van der Waals surface area contributed by atoms with Crippen LogP contribution in [0.1, 0.15) is 0 Å². The average Bonchev–Trinajstić information content (AvgIpc) is 2.70. The van der Waals surface area contributed by atoms with Crippen molar-refractivity contribution in [1.82, 2.24) is 14.2 Å². The third-order valence-electron chi connectivity index (χ3n) is 5.11. The number of fused-ring (bicyclic) bond motifs is 1. The Hall–Kier alpha value is -2.91. The second-order valence-electron chi connectivity index (χ2n) is 6.94. The zero-order valence-electron chi connectivity index (χ0n) is 15.4. The molecule has 1 saturated heterocycles. The predicted molar refractivity (Wildman–Crippen MR) is 106 cm³/mol. The minimum absolute atomic E-state index is 0.0864. The molecule has 0 saturated carbocycles. The monoisotopic (exact) mass is 422 g/mol. The van der Waals surface area contributed by atoms with Crippen molar-refractivity contribution in [2.75, 3.05) is 38.1 Å². The standard InChI is InChI=1S/C19H17ClF2N4O3/c1-23-4-6-24(7-5-23)17-10-16-12(9-15(17)22)18(27)26(29)19(28)25(16)11-2-3-14(21)13(20)8-11/h2-3,8-10,29H,4-7H2,1H3. The van der Waals surface area contributed by atoms with Crippen LogP contribution in [-0.4, -0.2) is 52.6 Å². The Morgan fingerprint density at radius 1 is 1.00 bits per heavy atom. The van der Waals surface area contributed by atoms with E-state index in [1.807, 2.05) is 11.9 Å². The Kier molecular flexibility index (Phi) is 4.79. The maximum absolute atomic E-state index is 14.8. The molecule has 2 aromatic carbocycles. The summed E-state index contributed by atoms with van der Waals surface area (Å²) in [6.07, 6.45) is 0. The van der Waals surface area contributed by atoms with Gasteiger partial charge in [-0.1, -0.05) is 16.3 Å². The van der Waals surface area contributed by atoms with Gasteiger partial charge in [0.2, 0.25) is 0 Å². The minimum atomic E-state index is -1.07. The van der Waals surface area contributed by atoms with Gasteiger partial charge in [0.1, 0.15) is 11.6 Å². The third-order valence-corrected chi connectivity index (χ3v) is 5.40. The van der Waals surface area contributed by atoms with Gasteiger partial charge in [0.15, 0.2) is 0 Å². The Bertz CT molecular complexity index is 1230. The summed E-state index contributed by atoms with van der Waals surface area (Å²) in [6.45, 7) is 2.61. The highest BCUT2D eigenvalue weighted by atomic mass is 35.5. The molecule has 0 spiro atoms. The van der Waals surface area contributed by atoms with Gasteiger partial charge in [-0.25, -0.2) is 13.6 Å². The van der Waals surface area contributed by atoms with Gasteiger partial charge in [-0.15, -0.1) is 0 Å². The van der Waals surface area contributed by atoms with Crippen LogP contribution in [0.4, 0.5) is 14.5 Å². The van der Waals surface area contributed by atoms with Crippen molar-refractivity contribution in [2.45, 2.75) is 0 Å². The lowest BCUT2D eigenvalue weighted by atomic mass is 10.1. The van der Waals surface area contributed by atoms with Crippen LogP contribution in [0.3, 0.4) is 0 Å². The van der Waals surface area contributed by atoms with Gasteiger partial charge in [0.05, 0.1) is 27.3 Å². The predicted octanol–water partition coefficient (Wildman–Crippen LogP) is 2.07. The van der Waals surface area contributed by atoms with Crippen LogP contribution in [0, 0.1) is 11.6 Å². The van der Waals surface area contributed by atoms with E-state index in [0.717, 1.165) is 29.8 Å². The van der Waals surface area contributed by atoms with E-state index in [-0.39, 0.29) is 32.0 Å². The minimum Gasteiger partial charge on any atom is -0.421 e. The van der Waals surface area contributed by atoms with Gasteiger partial charge in [0.25, 0.3) is 5.56 Å². The summed E-state index contributed by atoms with van der Waals surface area (Å²) in [7, 11) is 1.97. The number of likely N-dealkylation sites (N-methyl/N-ethyl adjacent to an activating group) is 1. The van der Waals surface area contributed by atoms with E-state index >= 15 is 0 Å². The van der Waals surface area contributed by atoms with Gasteiger partial charge in [-0.2, -0.15) is 0 Å². The molecule has 29 heavy (non-hydrogen) atoms. The largest absolute Gasteiger partial charge is 0.421 e. The van der Waals surface area contributed by atoms with Crippen molar-refractivity contribution < 1.29 is 14.0 Å². The second-order valence-corrected chi connectivity index (χ2v) is 7.35. The number of piperazine rings is 1. The highest BCUT2D eigenvalue weighted by molar-refractivity contribution is 6.30. The van der Waals surface area contributed by atoms with Gasteiger partial charge >= 0.3 is 5.69 Å². The van der Waals surface area contributed by atoms with E-state index in [1.54, 1.807) is 0 Å². The van der Waals surface area contributed by atoms with Crippen LogP contribution < -0.4 is 16.1 Å². The first-order valence-corrected chi connectivity index (χ1v) is 9.25. The zero-order valence-corrected chi connectivity index (χ0v) is 16.2. The van der Waals surface area contributed by atoms with Gasteiger partial charge in [-0.3, -0.25) is 9.36 Å². The molecule has 1 N–H and O–H groups in total. The maximum Gasteiger partial charge on any atom is 0.369 e. The summed E-state index contributed by atoms with van der Waals surface area (Å²) in [5.41, 5.74) is -1.66. The molecular weight excluding hydrogens is 406 g/mol. The molecular formula is C19H17ClF2N4O3. The Morgan fingerprint density at radius 2 is 1.69 bits per heavy atom. The highest BCUT2D eigenvalue weighted by Gasteiger charge is 2.22. The van der Waals surface area contributed by atoms with E-state index < -0.39 is 22.9 Å². The summed E-state index contributed by atoms with van der Waals surface area (Å²) in [5.74, 6) is -1.32. The van der Waals surface area contributed by atoms with Crippen molar-refractivity contribution in [3.63, 3.8) is 0 Å². The number of benzene rings is 2. The number of nitrogens with zero attached hydrogens (tertiary/aromatic N) is 4. The van der Waals surface area contributed by atoms with Crippen LogP contribution in [-0.2, 0) is 0 Å². The average molecular weight is 423 g/mol. The Morgan fingerprint density at radius 3 is 2.34 bits per heavy atom. The van der Waals surface area contributed by atoms with Crippen LogP contribution in [0.5, 0.6) is 0 Å². The zero-order chi connectivity index (χ0) is 20.9. The molecule has 0 atom stereocenters. The molecule has 152 valence electrons. The molecule has 1 aliphatic heterocycles. The van der Waals surface area contributed by atoms with Crippen molar-refractivity contribution in [1.29, 1.82) is 0 Å². The summed E-state index contributed by atoms with van der Waals surface area (Å²) in [4.78, 5) is 28.9. The fourth-order valence-corrected chi connectivity index (χ4v) is 3.64. The SMILES string of the molecule is CN1CCN(c2cc3c(cc2F)c(=O)n(O)c(=O)n3-c2ccc(F)c(Cl)c2)CC1. The number of aromatic nitrogens is 2. The van der Waals surface area contributed by atoms with Crippen molar-refractivity contribution in [3.05, 3.63) is 67.8 Å². The third kappa shape index (κ3) is 3.26. The van der Waals surface area contributed by atoms with E-state index in [0.29, 0.717) is 13.1 Å². The number of halogens is 3. The Labute approximate surface area is 168 Å². The number of hydrogen-bond donors (Lipinski definition) is 1. The van der Waals surface area contributed by atoms with E-state index in [9.17, 15) is 23.6 Å². The molecule has 3 aromatic rings. The summed E-state index contributed by atoms with van der Waals surface area (Å²) in [6, 6.07) is 5.94.